The van der Waals surface area contributed by atoms with E-state index in [2.05, 4.69) is 62.9 Å². The Morgan fingerprint density at radius 3 is 2.71 bits per heavy atom. The van der Waals surface area contributed by atoms with E-state index in [1.165, 1.54) is 5.56 Å². The van der Waals surface area contributed by atoms with Crippen molar-refractivity contribution in [3.05, 3.63) is 56.0 Å². The first-order valence-corrected chi connectivity index (χ1v) is 7.26. The number of furan rings is 1. The van der Waals surface area contributed by atoms with E-state index in [4.69, 9.17) is 4.42 Å². The molecule has 1 unspecified atom stereocenters. The van der Waals surface area contributed by atoms with Crippen LogP contribution in [0.15, 0.2) is 45.3 Å². The van der Waals surface area contributed by atoms with Gasteiger partial charge >= 0.3 is 0 Å². The van der Waals surface area contributed by atoms with Crippen LogP contribution in [0.25, 0.3) is 0 Å². The summed E-state index contributed by atoms with van der Waals surface area (Å²) in [5.41, 5.74) is 1.26. The molecule has 1 heterocycles. The number of halogens is 2. The van der Waals surface area contributed by atoms with Crippen molar-refractivity contribution < 1.29 is 4.42 Å². The van der Waals surface area contributed by atoms with Gasteiger partial charge in [0.05, 0.1) is 6.54 Å². The van der Waals surface area contributed by atoms with Gasteiger partial charge in [0.25, 0.3) is 0 Å². The van der Waals surface area contributed by atoms with Gasteiger partial charge in [-0.15, -0.1) is 0 Å². The molecule has 1 atom stereocenters. The van der Waals surface area contributed by atoms with E-state index in [1.807, 2.05) is 24.3 Å². The van der Waals surface area contributed by atoms with E-state index in [9.17, 15) is 0 Å². The van der Waals surface area contributed by atoms with E-state index in [1.54, 1.807) is 0 Å². The van der Waals surface area contributed by atoms with Gasteiger partial charge in [-0.3, -0.25) is 0 Å². The Balaban J connectivity index is 1.98. The number of benzene rings is 1. The standard InChI is InChI=1S/C13H13BrINO/c1-9(11-4-2-3-5-12(11)14)16-8-10-6-7-13(15)17-10/h2-7,9,16H,8H2,1H3. The average Bonchev–Trinajstić information content (AvgIpc) is 2.73. The molecule has 2 rings (SSSR count). The Labute approximate surface area is 123 Å². The van der Waals surface area contributed by atoms with Crippen LogP contribution in [0.4, 0.5) is 0 Å². The molecular formula is C13H13BrINO. The van der Waals surface area contributed by atoms with Gasteiger partial charge in [0.2, 0.25) is 0 Å². The molecule has 0 bridgehead atoms. The van der Waals surface area contributed by atoms with Gasteiger partial charge in [-0.05, 0) is 53.3 Å². The van der Waals surface area contributed by atoms with Crippen LogP contribution in [0.2, 0.25) is 0 Å². The van der Waals surface area contributed by atoms with Crippen LogP contribution in [0.1, 0.15) is 24.3 Å². The molecule has 0 aliphatic rings. The minimum atomic E-state index is 0.285. The lowest BCUT2D eigenvalue weighted by molar-refractivity contribution is 0.444. The summed E-state index contributed by atoms with van der Waals surface area (Å²) in [6.45, 7) is 2.89. The summed E-state index contributed by atoms with van der Waals surface area (Å²) >= 11 is 5.74. The summed E-state index contributed by atoms with van der Waals surface area (Å²) in [6.07, 6.45) is 0. The predicted octanol–water partition coefficient (Wildman–Crippen LogP) is 4.50. The van der Waals surface area contributed by atoms with Crippen molar-refractivity contribution in [3.8, 4) is 0 Å². The third kappa shape index (κ3) is 3.56. The van der Waals surface area contributed by atoms with Crippen molar-refractivity contribution in [2.45, 2.75) is 19.5 Å². The average molecular weight is 406 g/mol. The number of nitrogens with one attached hydrogen (secondary N) is 1. The first-order chi connectivity index (χ1) is 8.16. The Hall–Kier alpha value is -0.330. The van der Waals surface area contributed by atoms with Gasteiger partial charge in [-0.2, -0.15) is 0 Å². The minimum absolute atomic E-state index is 0.285. The highest BCUT2D eigenvalue weighted by Crippen LogP contribution is 2.23. The molecule has 1 aromatic carbocycles. The monoisotopic (exact) mass is 405 g/mol. The van der Waals surface area contributed by atoms with Gasteiger partial charge in [-0.25, -0.2) is 0 Å². The molecule has 0 aliphatic carbocycles. The molecule has 2 aromatic rings. The van der Waals surface area contributed by atoms with Crippen LogP contribution >= 0.6 is 38.5 Å². The maximum absolute atomic E-state index is 5.51. The Bertz CT molecular complexity index is 498. The van der Waals surface area contributed by atoms with E-state index in [-0.39, 0.29) is 6.04 Å². The molecule has 1 N–H and O–H groups in total. The zero-order valence-corrected chi connectivity index (χ0v) is 13.2. The molecule has 4 heteroatoms. The van der Waals surface area contributed by atoms with Crippen molar-refractivity contribution in [2.75, 3.05) is 0 Å². The molecule has 0 fully saturated rings. The molecule has 1 aromatic heterocycles. The molecule has 0 saturated heterocycles. The molecule has 0 spiro atoms. The van der Waals surface area contributed by atoms with Crippen LogP contribution in [-0.4, -0.2) is 0 Å². The summed E-state index contributed by atoms with van der Waals surface area (Å²) < 4.78 is 7.57. The lowest BCUT2D eigenvalue weighted by atomic mass is 10.1. The molecule has 0 radical (unpaired) electrons. The van der Waals surface area contributed by atoms with Gasteiger partial charge in [0, 0.05) is 10.5 Å². The van der Waals surface area contributed by atoms with E-state index >= 15 is 0 Å². The highest BCUT2D eigenvalue weighted by Gasteiger charge is 2.08. The van der Waals surface area contributed by atoms with Crippen molar-refractivity contribution >= 4 is 38.5 Å². The SMILES string of the molecule is CC(NCc1ccc(I)o1)c1ccccc1Br. The molecule has 0 saturated carbocycles. The van der Waals surface area contributed by atoms with Gasteiger partial charge in [0.15, 0.2) is 3.77 Å². The quantitative estimate of drug-likeness (QED) is 0.757. The number of rotatable bonds is 4. The zero-order valence-electron chi connectivity index (χ0n) is 9.41. The van der Waals surface area contributed by atoms with Crippen LogP contribution < -0.4 is 5.32 Å². The predicted molar refractivity (Wildman–Crippen MR) is 80.8 cm³/mol. The van der Waals surface area contributed by atoms with Gasteiger partial charge in [0.1, 0.15) is 5.76 Å². The summed E-state index contributed by atoms with van der Waals surface area (Å²) in [4.78, 5) is 0. The Morgan fingerprint density at radius 2 is 2.06 bits per heavy atom. The van der Waals surface area contributed by atoms with E-state index in [0.717, 1.165) is 20.5 Å². The highest BCUT2D eigenvalue weighted by atomic mass is 127. The fourth-order valence-electron chi connectivity index (χ4n) is 1.64. The number of hydrogen-bond acceptors (Lipinski definition) is 2. The second-order valence-electron chi connectivity index (χ2n) is 3.83. The second kappa shape index (κ2) is 6.02. The van der Waals surface area contributed by atoms with Crippen molar-refractivity contribution in [3.63, 3.8) is 0 Å². The molecule has 2 nitrogen and oxygen atoms in total. The zero-order chi connectivity index (χ0) is 12.3. The summed E-state index contributed by atoms with van der Waals surface area (Å²) in [5.74, 6) is 0.966. The number of hydrogen-bond donors (Lipinski definition) is 1. The van der Waals surface area contributed by atoms with E-state index < -0.39 is 0 Å². The topological polar surface area (TPSA) is 25.2 Å². The van der Waals surface area contributed by atoms with Crippen molar-refractivity contribution in [1.29, 1.82) is 0 Å². The summed E-state index contributed by atoms with van der Waals surface area (Å²) in [7, 11) is 0. The van der Waals surface area contributed by atoms with Crippen LogP contribution in [0, 0.1) is 3.77 Å². The molecule has 90 valence electrons. The Morgan fingerprint density at radius 1 is 1.29 bits per heavy atom. The first-order valence-electron chi connectivity index (χ1n) is 5.39. The van der Waals surface area contributed by atoms with Crippen LogP contribution in [0.3, 0.4) is 0 Å². The minimum Gasteiger partial charge on any atom is -0.454 e. The third-order valence-corrected chi connectivity index (χ3v) is 3.89. The van der Waals surface area contributed by atoms with Gasteiger partial charge < -0.3 is 9.73 Å². The normalized spacial score (nSPS) is 12.6. The fraction of sp³-hybridized carbons (Fsp3) is 0.231. The fourth-order valence-corrected chi connectivity index (χ4v) is 2.73. The lowest BCUT2D eigenvalue weighted by Crippen LogP contribution is -2.18. The largest absolute Gasteiger partial charge is 0.454 e. The van der Waals surface area contributed by atoms with Crippen molar-refractivity contribution in [2.24, 2.45) is 0 Å². The molecule has 17 heavy (non-hydrogen) atoms. The molecule has 0 aliphatic heterocycles. The van der Waals surface area contributed by atoms with Crippen LogP contribution in [-0.2, 0) is 6.54 Å². The summed E-state index contributed by atoms with van der Waals surface area (Å²) in [6, 6.07) is 12.5. The highest BCUT2D eigenvalue weighted by molar-refractivity contribution is 14.1. The van der Waals surface area contributed by atoms with E-state index in [0.29, 0.717) is 0 Å². The smallest absolute Gasteiger partial charge is 0.164 e. The lowest BCUT2D eigenvalue weighted by Gasteiger charge is -2.14. The maximum Gasteiger partial charge on any atom is 0.164 e. The second-order valence-corrected chi connectivity index (χ2v) is 5.75. The summed E-state index contributed by atoms with van der Waals surface area (Å²) in [5, 5.41) is 3.44. The third-order valence-electron chi connectivity index (χ3n) is 2.58. The van der Waals surface area contributed by atoms with Crippen molar-refractivity contribution in [1.82, 2.24) is 5.32 Å². The molecular weight excluding hydrogens is 393 g/mol. The van der Waals surface area contributed by atoms with Gasteiger partial charge in [-0.1, -0.05) is 34.1 Å². The maximum atomic E-state index is 5.51. The first kappa shape index (κ1) is 13.1. The molecule has 0 amide bonds. The Kier molecular flexibility index (Phi) is 4.64. The van der Waals surface area contributed by atoms with Crippen LogP contribution in [0.5, 0.6) is 0 Å².